The largest absolute Gasteiger partial charge is 0.395 e. The number of likely N-dealkylation sites (tertiary alicyclic amines) is 1. The first-order chi connectivity index (χ1) is 18.1. The van der Waals surface area contributed by atoms with Crippen LogP contribution in [0.4, 0.5) is 17.6 Å². The minimum Gasteiger partial charge on any atom is -0.395 e. The molecule has 0 aliphatic carbocycles. The predicted molar refractivity (Wildman–Crippen MR) is 143 cm³/mol. The first kappa shape index (κ1) is 24.4. The molecular weight excluding hydrogens is 468 g/mol. The number of β-amino-alcohol motifs (C(OH)–C–C–N with tert-alkyl or cyclic N) is 1. The average Bonchev–Trinajstić information content (AvgIpc) is 2.90. The molecule has 3 aliphatic heterocycles. The number of anilines is 3. The number of hydrogen-bond donors (Lipinski definition) is 3. The van der Waals surface area contributed by atoms with Crippen LogP contribution in [0, 0.1) is 0 Å². The molecule has 3 aromatic rings. The van der Waals surface area contributed by atoms with Gasteiger partial charge in [-0.3, -0.25) is 9.80 Å². The van der Waals surface area contributed by atoms with Crippen molar-refractivity contribution in [3.05, 3.63) is 41.3 Å². The van der Waals surface area contributed by atoms with Crippen molar-refractivity contribution in [2.45, 2.75) is 51.3 Å². The van der Waals surface area contributed by atoms with Crippen LogP contribution >= 0.6 is 0 Å². The molecule has 10 heteroatoms. The minimum absolute atomic E-state index is 0.231. The van der Waals surface area contributed by atoms with Crippen LogP contribution in [0.15, 0.2) is 24.4 Å². The SMILES string of the molecule is CC(O)c1cc2cnc(Nc3ccc4c(n3)CCN(C3CN(CCO)C3)C4)nc2c(N2CCCCC2)n1. The third kappa shape index (κ3) is 5.11. The average molecular weight is 505 g/mol. The van der Waals surface area contributed by atoms with Gasteiger partial charge in [-0.05, 0) is 43.9 Å². The van der Waals surface area contributed by atoms with Crippen LogP contribution in [0.2, 0.25) is 0 Å². The molecule has 2 fully saturated rings. The van der Waals surface area contributed by atoms with Crippen molar-refractivity contribution >= 4 is 28.5 Å². The Morgan fingerprint density at radius 1 is 1.08 bits per heavy atom. The van der Waals surface area contributed by atoms with Gasteiger partial charge in [-0.15, -0.1) is 0 Å². The van der Waals surface area contributed by atoms with E-state index in [4.69, 9.17) is 20.1 Å². The fourth-order valence-electron chi connectivity index (χ4n) is 5.67. The zero-order valence-electron chi connectivity index (χ0n) is 21.5. The standard InChI is InChI=1S/C27H36N8O2/c1-18(37)23-13-20-14-28-27(32-25(20)26(30-23)34-8-3-2-4-9-34)31-24-6-5-19-15-35(10-7-22(19)29-24)21-16-33(17-21)11-12-36/h5-6,13-14,18,21,36-37H,2-4,7-12,15-17H2,1H3,(H,28,29,31,32). The lowest BCUT2D eigenvalue weighted by Gasteiger charge is -2.46. The molecule has 0 radical (unpaired) electrons. The number of aromatic nitrogens is 4. The maximum Gasteiger partial charge on any atom is 0.229 e. The molecule has 0 amide bonds. The zero-order chi connectivity index (χ0) is 25.4. The fraction of sp³-hybridized carbons (Fsp3) is 0.556. The highest BCUT2D eigenvalue weighted by molar-refractivity contribution is 5.89. The molecule has 0 spiro atoms. The number of nitrogens with one attached hydrogen (secondary N) is 1. The Kier molecular flexibility index (Phi) is 6.90. The van der Waals surface area contributed by atoms with E-state index in [1.165, 1.54) is 12.0 Å². The summed E-state index contributed by atoms with van der Waals surface area (Å²) >= 11 is 0. The second-order valence-corrected chi connectivity index (χ2v) is 10.5. The van der Waals surface area contributed by atoms with Crippen LogP contribution in [-0.2, 0) is 13.0 Å². The summed E-state index contributed by atoms with van der Waals surface area (Å²) < 4.78 is 0. The lowest BCUT2D eigenvalue weighted by molar-refractivity contribution is 0.0165. The van der Waals surface area contributed by atoms with Crippen molar-refractivity contribution in [2.75, 3.05) is 56.1 Å². The Morgan fingerprint density at radius 3 is 2.70 bits per heavy atom. The Balaban J connectivity index is 1.20. The van der Waals surface area contributed by atoms with Gasteiger partial charge in [0.15, 0.2) is 5.82 Å². The molecule has 196 valence electrons. The summed E-state index contributed by atoms with van der Waals surface area (Å²) in [6.07, 6.45) is 5.58. The summed E-state index contributed by atoms with van der Waals surface area (Å²) in [6, 6.07) is 6.62. The topological polar surface area (TPSA) is 114 Å². The molecule has 3 aliphatic rings. The summed E-state index contributed by atoms with van der Waals surface area (Å²) in [6.45, 7) is 8.63. The molecule has 0 saturated carbocycles. The smallest absolute Gasteiger partial charge is 0.229 e. The summed E-state index contributed by atoms with van der Waals surface area (Å²) in [4.78, 5) is 26.2. The van der Waals surface area contributed by atoms with Gasteiger partial charge in [-0.2, -0.15) is 0 Å². The minimum atomic E-state index is -0.648. The first-order valence-electron chi connectivity index (χ1n) is 13.5. The Labute approximate surface area is 217 Å². The van der Waals surface area contributed by atoms with E-state index < -0.39 is 6.10 Å². The number of rotatable bonds is 7. The molecule has 1 unspecified atom stereocenters. The maximum atomic E-state index is 10.2. The highest BCUT2D eigenvalue weighted by Crippen LogP contribution is 2.30. The number of hydrogen-bond acceptors (Lipinski definition) is 10. The van der Waals surface area contributed by atoms with E-state index in [1.54, 1.807) is 13.1 Å². The molecule has 37 heavy (non-hydrogen) atoms. The Hall–Kier alpha value is -2.92. The van der Waals surface area contributed by atoms with Crippen LogP contribution in [-0.4, -0.2) is 91.9 Å². The van der Waals surface area contributed by atoms with Crippen LogP contribution in [0.1, 0.15) is 49.2 Å². The summed E-state index contributed by atoms with van der Waals surface area (Å²) in [5.74, 6) is 2.07. The van der Waals surface area contributed by atoms with Gasteiger partial charge in [-0.25, -0.2) is 19.9 Å². The van der Waals surface area contributed by atoms with E-state index in [9.17, 15) is 5.11 Å². The zero-order valence-corrected chi connectivity index (χ0v) is 21.5. The van der Waals surface area contributed by atoms with Crippen molar-refractivity contribution in [3.8, 4) is 0 Å². The number of pyridine rings is 2. The van der Waals surface area contributed by atoms with Crippen LogP contribution in [0.5, 0.6) is 0 Å². The van der Waals surface area contributed by atoms with E-state index in [-0.39, 0.29) is 6.61 Å². The summed E-state index contributed by atoms with van der Waals surface area (Å²) in [7, 11) is 0. The number of nitrogens with zero attached hydrogens (tertiary/aromatic N) is 7. The Morgan fingerprint density at radius 2 is 1.92 bits per heavy atom. The fourth-order valence-corrected chi connectivity index (χ4v) is 5.67. The number of fused-ring (bicyclic) bond motifs is 2. The Bertz CT molecular complexity index is 1260. The van der Waals surface area contributed by atoms with Crippen molar-refractivity contribution in [3.63, 3.8) is 0 Å². The van der Waals surface area contributed by atoms with Crippen LogP contribution < -0.4 is 10.2 Å². The summed E-state index contributed by atoms with van der Waals surface area (Å²) in [5, 5.41) is 23.5. The van der Waals surface area contributed by atoms with Gasteiger partial charge in [0, 0.05) is 75.6 Å². The van der Waals surface area contributed by atoms with Gasteiger partial charge < -0.3 is 20.4 Å². The van der Waals surface area contributed by atoms with Gasteiger partial charge in [-0.1, -0.05) is 6.07 Å². The van der Waals surface area contributed by atoms with Crippen molar-refractivity contribution in [1.29, 1.82) is 0 Å². The lowest BCUT2D eigenvalue weighted by Crippen LogP contribution is -2.60. The van der Waals surface area contributed by atoms with Crippen molar-refractivity contribution < 1.29 is 10.2 Å². The normalized spacial score (nSPS) is 20.0. The second kappa shape index (κ2) is 10.4. The van der Waals surface area contributed by atoms with E-state index in [1.807, 2.05) is 12.1 Å². The van der Waals surface area contributed by atoms with E-state index in [0.717, 1.165) is 93.3 Å². The first-order valence-corrected chi connectivity index (χ1v) is 13.5. The van der Waals surface area contributed by atoms with Gasteiger partial charge in [0.05, 0.1) is 18.4 Å². The molecule has 0 bridgehead atoms. The third-order valence-electron chi connectivity index (χ3n) is 7.84. The molecular formula is C27H36N8O2. The second-order valence-electron chi connectivity index (χ2n) is 10.5. The van der Waals surface area contributed by atoms with E-state index in [0.29, 0.717) is 17.7 Å². The highest BCUT2D eigenvalue weighted by atomic mass is 16.3. The molecule has 0 aromatic carbocycles. The number of aliphatic hydroxyl groups excluding tert-OH is 2. The molecule has 2 saturated heterocycles. The molecule has 6 rings (SSSR count). The lowest BCUT2D eigenvalue weighted by atomic mass is 10.00. The molecule has 6 heterocycles. The highest BCUT2D eigenvalue weighted by Gasteiger charge is 2.33. The summed E-state index contributed by atoms with van der Waals surface area (Å²) in [5.41, 5.74) is 3.85. The van der Waals surface area contributed by atoms with E-state index in [2.05, 4.69) is 31.1 Å². The number of aliphatic hydroxyl groups is 2. The molecule has 3 aromatic heterocycles. The van der Waals surface area contributed by atoms with Crippen LogP contribution in [0.3, 0.4) is 0 Å². The quantitative estimate of drug-likeness (QED) is 0.443. The monoisotopic (exact) mass is 504 g/mol. The van der Waals surface area contributed by atoms with Crippen LogP contribution in [0.25, 0.3) is 10.9 Å². The molecule has 3 N–H and O–H groups in total. The van der Waals surface area contributed by atoms with Crippen molar-refractivity contribution in [2.24, 2.45) is 0 Å². The predicted octanol–water partition coefficient (Wildman–Crippen LogP) is 2.24. The molecule has 1 atom stereocenters. The van der Waals surface area contributed by atoms with Gasteiger partial charge in [0.1, 0.15) is 11.3 Å². The third-order valence-corrected chi connectivity index (χ3v) is 7.84. The van der Waals surface area contributed by atoms with Gasteiger partial charge in [0.25, 0.3) is 0 Å². The van der Waals surface area contributed by atoms with E-state index >= 15 is 0 Å². The van der Waals surface area contributed by atoms with Gasteiger partial charge >= 0.3 is 0 Å². The van der Waals surface area contributed by atoms with Crippen molar-refractivity contribution in [1.82, 2.24) is 29.7 Å². The molecule has 10 nitrogen and oxygen atoms in total. The van der Waals surface area contributed by atoms with Gasteiger partial charge in [0.2, 0.25) is 5.95 Å². The number of piperidine rings is 1. The maximum absolute atomic E-state index is 10.2.